The van der Waals surface area contributed by atoms with Crippen LogP contribution in [0.25, 0.3) is 5.65 Å². The van der Waals surface area contributed by atoms with Gasteiger partial charge in [0.05, 0.1) is 18.4 Å². The maximum Gasteiger partial charge on any atom is 0.534 e. The second-order valence-corrected chi connectivity index (χ2v) is 8.34. The number of halogens is 4. The SMILES string of the molecule is O=C(O)c1cnn2ccc(N3CCC[C@@H]3c3cc(F)cnc3OS(=O)(=O)C(F)(F)F)nc12. The number of nitrogens with zero attached hydrogens (tertiary/aromatic N) is 5. The van der Waals surface area contributed by atoms with Gasteiger partial charge in [-0.2, -0.15) is 26.7 Å². The maximum absolute atomic E-state index is 13.9. The summed E-state index contributed by atoms with van der Waals surface area (Å²) < 4.78 is 80.6. The molecule has 1 fully saturated rings. The standard InChI is InChI=1S/C17H13F4N5O5S/c18-9-6-10(15(22-7-9)31-32(29,30)17(19,20)21)12-2-1-4-25(12)13-3-5-26-14(24-13)11(8-23-26)16(27)28/h3,5-8,12H,1-2,4H2,(H,27,28)/t12-/m1/s1. The number of pyridine rings is 1. The van der Waals surface area contributed by atoms with Crippen LogP contribution in [0.5, 0.6) is 5.88 Å². The van der Waals surface area contributed by atoms with E-state index in [4.69, 9.17) is 0 Å². The van der Waals surface area contributed by atoms with E-state index >= 15 is 0 Å². The first-order valence-corrected chi connectivity index (χ1v) is 10.4. The Balaban J connectivity index is 1.76. The van der Waals surface area contributed by atoms with Crippen LogP contribution in [0.15, 0.2) is 30.7 Å². The minimum absolute atomic E-state index is 0.0224. The Morgan fingerprint density at radius 2 is 2.03 bits per heavy atom. The van der Waals surface area contributed by atoms with Gasteiger partial charge in [-0.05, 0) is 25.0 Å². The minimum atomic E-state index is -6.03. The fourth-order valence-electron chi connectivity index (χ4n) is 3.44. The molecule has 170 valence electrons. The van der Waals surface area contributed by atoms with Crippen LogP contribution in [0, 0.1) is 5.82 Å². The lowest BCUT2D eigenvalue weighted by Gasteiger charge is -2.27. The molecule has 0 aliphatic carbocycles. The molecule has 1 aliphatic rings. The number of carboxylic acid groups (broad SMARTS) is 1. The highest BCUT2D eigenvalue weighted by Gasteiger charge is 2.49. The molecule has 0 amide bonds. The lowest BCUT2D eigenvalue weighted by molar-refractivity contribution is -0.0501. The fraction of sp³-hybridized carbons (Fsp3) is 0.294. The highest BCUT2D eigenvalue weighted by atomic mass is 32.2. The summed E-state index contributed by atoms with van der Waals surface area (Å²) in [6.45, 7) is 0.326. The summed E-state index contributed by atoms with van der Waals surface area (Å²) in [6.07, 6.45) is 3.89. The summed E-state index contributed by atoms with van der Waals surface area (Å²) >= 11 is 0. The molecule has 0 aromatic carbocycles. The Labute approximate surface area is 177 Å². The topological polar surface area (TPSA) is 127 Å². The van der Waals surface area contributed by atoms with Crippen molar-refractivity contribution in [2.24, 2.45) is 0 Å². The van der Waals surface area contributed by atoms with Gasteiger partial charge < -0.3 is 14.2 Å². The Morgan fingerprint density at radius 1 is 1.28 bits per heavy atom. The molecule has 1 saturated heterocycles. The molecule has 1 aliphatic heterocycles. The number of hydrogen-bond acceptors (Lipinski definition) is 8. The quantitative estimate of drug-likeness (QED) is 0.336. The third kappa shape index (κ3) is 3.79. The van der Waals surface area contributed by atoms with Crippen LogP contribution >= 0.6 is 0 Å². The van der Waals surface area contributed by atoms with Gasteiger partial charge in [0.2, 0.25) is 5.88 Å². The van der Waals surface area contributed by atoms with Gasteiger partial charge in [-0.1, -0.05) is 0 Å². The largest absolute Gasteiger partial charge is 0.534 e. The number of fused-ring (bicyclic) bond motifs is 1. The summed E-state index contributed by atoms with van der Waals surface area (Å²) in [5.41, 5.74) is -6.06. The van der Waals surface area contributed by atoms with Crippen molar-refractivity contribution in [2.75, 3.05) is 11.4 Å². The molecule has 0 radical (unpaired) electrons. The number of alkyl halides is 3. The molecule has 0 spiro atoms. The van der Waals surface area contributed by atoms with Crippen molar-refractivity contribution in [3.05, 3.63) is 47.7 Å². The molecule has 10 nitrogen and oxygen atoms in total. The predicted octanol–water partition coefficient (Wildman–Crippen LogP) is 2.53. The second-order valence-electron chi connectivity index (χ2n) is 6.80. The van der Waals surface area contributed by atoms with Gasteiger partial charge in [0.25, 0.3) is 0 Å². The molecule has 3 aromatic rings. The van der Waals surface area contributed by atoms with Crippen LogP contribution in [-0.2, 0) is 10.1 Å². The third-order valence-electron chi connectivity index (χ3n) is 4.81. The molecular formula is C17H13F4N5O5S. The zero-order chi connectivity index (χ0) is 23.3. The van der Waals surface area contributed by atoms with Gasteiger partial charge in [-0.15, -0.1) is 0 Å². The first-order valence-electron chi connectivity index (χ1n) is 8.98. The van der Waals surface area contributed by atoms with Crippen molar-refractivity contribution >= 4 is 27.6 Å². The normalized spacial score (nSPS) is 17.1. The van der Waals surface area contributed by atoms with Crippen LogP contribution in [0.3, 0.4) is 0 Å². The molecule has 15 heteroatoms. The molecule has 4 heterocycles. The Morgan fingerprint density at radius 3 is 2.72 bits per heavy atom. The van der Waals surface area contributed by atoms with Gasteiger partial charge in [-0.25, -0.2) is 23.7 Å². The lowest BCUT2D eigenvalue weighted by Crippen LogP contribution is -2.30. The van der Waals surface area contributed by atoms with Gasteiger partial charge in [0, 0.05) is 18.3 Å². The second kappa shape index (κ2) is 7.58. The zero-order valence-corrected chi connectivity index (χ0v) is 16.6. The number of carbonyl (C=O) groups is 1. The highest BCUT2D eigenvalue weighted by Crippen LogP contribution is 2.40. The first kappa shape index (κ1) is 21.7. The first-order chi connectivity index (χ1) is 15.0. The van der Waals surface area contributed by atoms with E-state index in [9.17, 15) is 35.9 Å². The average Bonchev–Trinajstić information content (AvgIpc) is 3.34. The van der Waals surface area contributed by atoms with Crippen LogP contribution in [-0.4, -0.2) is 51.1 Å². The van der Waals surface area contributed by atoms with E-state index < -0.39 is 39.3 Å². The summed E-state index contributed by atoms with van der Waals surface area (Å²) in [5.74, 6) is -2.84. The molecule has 4 rings (SSSR count). The van der Waals surface area contributed by atoms with Crippen molar-refractivity contribution in [1.82, 2.24) is 19.6 Å². The molecule has 1 atom stereocenters. The van der Waals surface area contributed by atoms with Crippen LogP contribution in [0.2, 0.25) is 0 Å². The molecule has 3 aromatic heterocycles. The van der Waals surface area contributed by atoms with E-state index in [2.05, 4.69) is 19.2 Å². The van der Waals surface area contributed by atoms with Crippen LogP contribution in [0.4, 0.5) is 23.4 Å². The highest BCUT2D eigenvalue weighted by molar-refractivity contribution is 7.87. The Kier molecular flexibility index (Phi) is 5.15. The van der Waals surface area contributed by atoms with Gasteiger partial charge >= 0.3 is 21.6 Å². The number of hydrogen-bond donors (Lipinski definition) is 1. The van der Waals surface area contributed by atoms with E-state index in [-0.39, 0.29) is 22.6 Å². The number of aromatic nitrogens is 4. The smallest absolute Gasteiger partial charge is 0.477 e. The Hall–Kier alpha value is -3.49. The van der Waals surface area contributed by atoms with Crippen molar-refractivity contribution < 1.29 is 40.1 Å². The minimum Gasteiger partial charge on any atom is -0.477 e. The number of carboxylic acids is 1. The average molecular weight is 475 g/mol. The number of rotatable bonds is 5. The number of aromatic carboxylic acids is 1. The lowest BCUT2D eigenvalue weighted by atomic mass is 10.1. The van der Waals surface area contributed by atoms with Crippen LogP contribution in [0.1, 0.15) is 34.8 Å². The third-order valence-corrected chi connectivity index (χ3v) is 5.75. The zero-order valence-electron chi connectivity index (χ0n) is 15.8. The van der Waals surface area contributed by atoms with Gasteiger partial charge in [0.1, 0.15) is 17.2 Å². The summed E-state index contributed by atoms with van der Waals surface area (Å²) in [6, 6.07) is 1.50. The molecule has 0 bridgehead atoms. The molecule has 1 N–H and O–H groups in total. The van der Waals surface area contributed by atoms with E-state index in [0.29, 0.717) is 25.6 Å². The monoisotopic (exact) mass is 475 g/mol. The van der Waals surface area contributed by atoms with E-state index in [1.165, 1.54) is 16.8 Å². The molecular weight excluding hydrogens is 462 g/mol. The summed E-state index contributed by atoms with van der Waals surface area (Å²) in [5, 5.41) is 13.2. The van der Waals surface area contributed by atoms with Crippen molar-refractivity contribution in [3.63, 3.8) is 0 Å². The summed E-state index contributed by atoms with van der Waals surface area (Å²) in [7, 11) is -6.03. The maximum atomic E-state index is 13.9. The molecule has 0 saturated carbocycles. The van der Waals surface area contributed by atoms with Crippen LogP contribution < -0.4 is 9.08 Å². The fourth-order valence-corrected chi connectivity index (χ4v) is 3.88. The number of anilines is 1. The van der Waals surface area contributed by atoms with E-state index in [1.54, 1.807) is 4.90 Å². The van der Waals surface area contributed by atoms with Crippen molar-refractivity contribution in [1.29, 1.82) is 0 Å². The van der Waals surface area contributed by atoms with Gasteiger partial charge in [-0.3, -0.25) is 0 Å². The van der Waals surface area contributed by atoms with E-state index in [0.717, 1.165) is 12.3 Å². The van der Waals surface area contributed by atoms with Crippen molar-refractivity contribution in [2.45, 2.75) is 24.4 Å². The molecule has 0 unspecified atom stereocenters. The van der Waals surface area contributed by atoms with Crippen molar-refractivity contribution in [3.8, 4) is 5.88 Å². The Bertz CT molecular complexity index is 1310. The van der Waals surface area contributed by atoms with Gasteiger partial charge in [0.15, 0.2) is 5.65 Å². The molecule has 32 heavy (non-hydrogen) atoms. The predicted molar refractivity (Wildman–Crippen MR) is 99.1 cm³/mol. The van der Waals surface area contributed by atoms with E-state index in [1.807, 2.05) is 0 Å². The summed E-state index contributed by atoms with van der Waals surface area (Å²) in [4.78, 5) is 20.6.